The Bertz CT molecular complexity index is 1080. The molecule has 1 aromatic carbocycles. The number of anilines is 1. The first-order valence-corrected chi connectivity index (χ1v) is 10.3. The van der Waals surface area contributed by atoms with Crippen LogP contribution >= 0.6 is 0 Å². The van der Waals surface area contributed by atoms with Crippen LogP contribution in [0, 0.1) is 0 Å². The number of carbonyl (C=O) groups excluding carboxylic acids is 3. The maximum Gasteiger partial charge on any atom is 0.262 e. The van der Waals surface area contributed by atoms with Crippen molar-refractivity contribution in [3.05, 3.63) is 57.4 Å². The second kappa shape index (κ2) is 8.14. The second-order valence-corrected chi connectivity index (χ2v) is 7.81. The van der Waals surface area contributed by atoms with Gasteiger partial charge >= 0.3 is 0 Å². The molecule has 1 fully saturated rings. The van der Waals surface area contributed by atoms with Gasteiger partial charge in [-0.05, 0) is 25.0 Å². The number of carbonyl (C=O) groups is 3. The molecule has 156 valence electrons. The van der Waals surface area contributed by atoms with Gasteiger partial charge < -0.3 is 11.1 Å². The van der Waals surface area contributed by atoms with Crippen LogP contribution in [0.15, 0.2) is 35.1 Å². The molecule has 0 atom stereocenters. The Balaban J connectivity index is 1.72. The van der Waals surface area contributed by atoms with Crippen LogP contribution in [-0.4, -0.2) is 28.3 Å². The number of fused-ring (bicyclic) bond motifs is 1. The molecular weight excluding hydrogens is 384 g/mol. The van der Waals surface area contributed by atoms with E-state index in [0.29, 0.717) is 0 Å². The molecule has 30 heavy (non-hydrogen) atoms. The zero-order valence-corrected chi connectivity index (χ0v) is 16.6. The number of hydrogen-bond acceptors (Lipinski definition) is 5. The summed E-state index contributed by atoms with van der Waals surface area (Å²) in [6, 6.07) is 7.79. The van der Waals surface area contributed by atoms with Crippen molar-refractivity contribution >= 4 is 23.5 Å². The summed E-state index contributed by atoms with van der Waals surface area (Å²) >= 11 is 0. The summed E-state index contributed by atoms with van der Waals surface area (Å²) in [5, 5.41) is 5.23. The highest BCUT2D eigenvalue weighted by Crippen LogP contribution is 2.25. The zero-order chi connectivity index (χ0) is 21.3. The lowest BCUT2D eigenvalue weighted by Gasteiger charge is -2.22. The smallest absolute Gasteiger partial charge is 0.262 e. The summed E-state index contributed by atoms with van der Waals surface area (Å²) < 4.78 is 1.12. The van der Waals surface area contributed by atoms with Crippen molar-refractivity contribution in [1.82, 2.24) is 15.2 Å². The molecule has 4 N–H and O–H groups in total. The molecule has 0 spiro atoms. The van der Waals surface area contributed by atoms with E-state index in [9.17, 15) is 19.2 Å². The van der Waals surface area contributed by atoms with Crippen molar-refractivity contribution in [2.24, 2.45) is 0 Å². The second-order valence-electron chi connectivity index (χ2n) is 7.81. The van der Waals surface area contributed by atoms with Crippen LogP contribution in [0.5, 0.6) is 0 Å². The summed E-state index contributed by atoms with van der Waals surface area (Å²) in [6.45, 7) is 0. The number of para-hydroxylation sites is 1. The monoisotopic (exact) mass is 408 g/mol. The third-order valence-electron chi connectivity index (χ3n) is 5.78. The number of nitrogens with one attached hydrogen (secondary N) is 2. The number of nitrogens with zero attached hydrogens (tertiary/aromatic N) is 1. The molecule has 8 nitrogen and oxygen atoms in total. The molecule has 3 amide bonds. The number of hydrogen-bond donors (Lipinski definition) is 3. The Kier molecular flexibility index (Phi) is 5.39. The van der Waals surface area contributed by atoms with E-state index in [1.54, 1.807) is 24.3 Å². The zero-order valence-electron chi connectivity index (χ0n) is 16.6. The molecule has 2 aliphatic rings. The number of nitrogen functional groups attached to an aromatic ring is 1. The lowest BCUT2D eigenvalue weighted by Crippen LogP contribution is -2.36. The molecule has 1 saturated carbocycles. The van der Waals surface area contributed by atoms with Gasteiger partial charge in [0.2, 0.25) is 0 Å². The summed E-state index contributed by atoms with van der Waals surface area (Å²) in [5.41, 5.74) is 6.02. The Labute approximate surface area is 173 Å². The van der Waals surface area contributed by atoms with Crippen LogP contribution in [-0.2, 0) is 0 Å². The van der Waals surface area contributed by atoms with Crippen LogP contribution in [0.25, 0.3) is 5.69 Å². The highest BCUT2D eigenvalue weighted by molar-refractivity contribution is 6.23. The van der Waals surface area contributed by atoms with Gasteiger partial charge in [-0.1, -0.05) is 44.2 Å². The molecule has 0 saturated heterocycles. The summed E-state index contributed by atoms with van der Waals surface area (Å²) in [7, 11) is 0. The van der Waals surface area contributed by atoms with Crippen LogP contribution in [0.4, 0.5) is 5.82 Å². The van der Waals surface area contributed by atoms with Crippen molar-refractivity contribution in [3.63, 3.8) is 0 Å². The largest absolute Gasteiger partial charge is 0.384 e. The number of pyridine rings is 1. The number of nitrogens with two attached hydrogens (primary N) is 1. The molecule has 1 aliphatic heterocycles. The maximum atomic E-state index is 13.1. The molecule has 4 rings (SSSR count). The lowest BCUT2D eigenvalue weighted by molar-refractivity contribution is 0.0877. The van der Waals surface area contributed by atoms with E-state index in [4.69, 9.17) is 5.73 Å². The molecular formula is C22H24N4O4. The molecule has 2 aromatic rings. The minimum atomic E-state index is -0.655. The Morgan fingerprint density at radius 3 is 2.40 bits per heavy atom. The number of aromatic nitrogens is 1. The fourth-order valence-corrected chi connectivity index (χ4v) is 4.25. The minimum absolute atomic E-state index is 0.0461. The van der Waals surface area contributed by atoms with Gasteiger partial charge in [-0.2, -0.15) is 0 Å². The van der Waals surface area contributed by atoms with E-state index in [-0.39, 0.29) is 40.1 Å². The van der Waals surface area contributed by atoms with Gasteiger partial charge in [0.05, 0.1) is 22.4 Å². The van der Waals surface area contributed by atoms with Gasteiger partial charge in [0.1, 0.15) is 5.82 Å². The predicted molar refractivity (Wildman–Crippen MR) is 112 cm³/mol. The number of amides is 3. The molecule has 8 heteroatoms. The molecule has 0 bridgehead atoms. The maximum absolute atomic E-state index is 13.1. The average molecular weight is 408 g/mol. The van der Waals surface area contributed by atoms with Crippen LogP contribution in [0.1, 0.15) is 76.0 Å². The fourth-order valence-electron chi connectivity index (χ4n) is 4.25. The summed E-state index contributed by atoms with van der Waals surface area (Å²) in [4.78, 5) is 49.8. The van der Waals surface area contributed by atoms with E-state index in [1.165, 1.54) is 19.3 Å². The van der Waals surface area contributed by atoms with Crippen molar-refractivity contribution in [2.45, 2.75) is 51.0 Å². The van der Waals surface area contributed by atoms with E-state index >= 15 is 0 Å². The topological polar surface area (TPSA) is 123 Å². The van der Waals surface area contributed by atoms with Crippen LogP contribution < -0.4 is 21.9 Å². The van der Waals surface area contributed by atoms with Gasteiger partial charge in [-0.25, -0.2) is 0 Å². The lowest BCUT2D eigenvalue weighted by atomic mass is 9.96. The normalized spacial score (nSPS) is 17.1. The Hall–Kier alpha value is -3.42. The van der Waals surface area contributed by atoms with Crippen molar-refractivity contribution in [1.29, 1.82) is 0 Å². The summed E-state index contributed by atoms with van der Waals surface area (Å²) in [5.74, 6) is -1.76. The minimum Gasteiger partial charge on any atom is -0.384 e. The van der Waals surface area contributed by atoms with Gasteiger partial charge in [0.25, 0.3) is 23.3 Å². The van der Waals surface area contributed by atoms with Gasteiger partial charge in [-0.15, -0.1) is 0 Å². The Morgan fingerprint density at radius 1 is 1.00 bits per heavy atom. The van der Waals surface area contributed by atoms with E-state index in [0.717, 1.165) is 36.3 Å². The van der Waals surface area contributed by atoms with E-state index in [1.807, 2.05) is 0 Å². The van der Waals surface area contributed by atoms with Gasteiger partial charge in [0, 0.05) is 12.1 Å². The van der Waals surface area contributed by atoms with Crippen LogP contribution in [0.2, 0.25) is 0 Å². The first kappa shape index (κ1) is 19.9. The first-order valence-electron chi connectivity index (χ1n) is 10.3. The van der Waals surface area contributed by atoms with E-state index < -0.39 is 17.4 Å². The molecule has 1 aromatic heterocycles. The third kappa shape index (κ3) is 3.60. The van der Waals surface area contributed by atoms with Crippen molar-refractivity contribution < 1.29 is 14.4 Å². The highest BCUT2D eigenvalue weighted by Gasteiger charge is 2.32. The third-order valence-corrected chi connectivity index (χ3v) is 5.78. The molecule has 0 unspecified atom stereocenters. The number of benzene rings is 1. The molecule has 0 radical (unpaired) electrons. The quantitative estimate of drug-likeness (QED) is 0.672. The average Bonchev–Trinajstić information content (AvgIpc) is 2.97. The fraction of sp³-hybridized carbons (Fsp3) is 0.364. The SMILES string of the molecule is Nc1c2c(cc(=O)n1-c1ccccc1C(=O)NC1CCCCCCC1)C(=O)NC2=O. The summed E-state index contributed by atoms with van der Waals surface area (Å²) in [6.07, 6.45) is 7.59. The highest BCUT2D eigenvalue weighted by atomic mass is 16.2. The van der Waals surface area contributed by atoms with Crippen LogP contribution in [0.3, 0.4) is 0 Å². The van der Waals surface area contributed by atoms with Gasteiger partial charge in [0.15, 0.2) is 0 Å². The number of imide groups is 1. The predicted octanol–water partition coefficient (Wildman–Crippen LogP) is 2.15. The van der Waals surface area contributed by atoms with E-state index in [2.05, 4.69) is 10.6 Å². The molecule has 1 aliphatic carbocycles. The Morgan fingerprint density at radius 2 is 1.67 bits per heavy atom. The number of rotatable bonds is 3. The van der Waals surface area contributed by atoms with Crippen molar-refractivity contribution in [3.8, 4) is 5.69 Å². The first-order chi connectivity index (χ1) is 14.5. The van der Waals surface area contributed by atoms with Crippen molar-refractivity contribution in [2.75, 3.05) is 5.73 Å². The standard InChI is InChI=1S/C22H24N4O4/c23-19-18-15(21(29)25-22(18)30)12-17(27)26(19)16-11-7-6-10-14(16)20(28)24-13-8-4-2-1-3-5-9-13/h6-7,10-13H,1-5,8-9,23H2,(H,24,28)(H,25,29,30). The molecule has 2 heterocycles. The van der Waals surface area contributed by atoms with Gasteiger partial charge in [-0.3, -0.25) is 29.1 Å².